The van der Waals surface area contributed by atoms with E-state index in [0.717, 1.165) is 11.6 Å². The van der Waals surface area contributed by atoms with Crippen molar-refractivity contribution in [1.82, 2.24) is 9.80 Å². The van der Waals surface area contributed by atoms with Crippen molar-refractivity contribution in [2.45, 2.75) is 6.42 Å². The highest BCUT2D eigenvalue weighted by Crippen LogP contribution is 2.38. The molecule has 30 heavy (non-hydrogen) atoms. The summed E-state index contributed by atoms with van der Waals surface area (Å²) in [6, 6.07) is 7.19. The minimum atomic E-state index is -0.494. The Morgan fingerprint density at radius 3 is 2.37 bits per heavy atom. The van der Waals surface area contributed by atoms with Gasteiger partial charge in [-0.15, -0.1) is 0 Å². The van der Waals surface area contributed by atoms with Gasteiger partial charge in [-0.05, 0) is 35.9 Å². The first-order valence-corrected chi connectivity index (χ1v) is 10.3. The van der Waals surface area contributed by atoms with Crippen LogP contribution in [0.3, 0.4) is 0 Å². The van der Waals surface area contributed by atoms with Crippen LogP contribution in [0.25, 0.3) is 0 Å². The maximum Gasteiger partial charge on any atom is 0.255 e. The number of nitrogens with zero attached hydrogens (tertiary/aromatic N) is 2. The summed E-state index contributed by atoms with van der Waals surface area (Å²) in [6.45, 7) is 2.44. The summed E-state index contributed by atoms with van der Waals surface area (Å²) in [6.07, 6.45) is 0.175. The van der Waals surface area contributed by atoms with E-state index in [0.29, 0.717) is 55.9 Å². The fourth-order valence-electron chi connectivity index (χ4n) is 3.54. The predicted molar refractivity (Wildman–Crippen MR) is 110 cm³/mol. The molecule has 0 aliphatic carbocycles. The van der Waals surface area contributed by atoms with Gasteiger partial charge >= 0.3 is 0 Å². The molecule has 1 fully saturated rings. The molecular weight excluding hydrogens is 434 g/mol. The van der Waals surface area contributed by atoms with Crippen molar-refractivity contribution in [3.8, 4) is 11.5 Å². The standard InChI is InChI=1S/C21H19Cl2FN2O4/c22-16-12-14(24)1-2-15(16)21(28)26-5-3-25(4-6-26)19(27)11-13-9-17(23)20-18(10-13)29-7-8-30-20/h1-2,9-10,12H,3-8,11H2. The Bertz CT molecular complexity index is 993. The predicted octanol–water partition coefficient (Wildman–Crippen LogP) is 3.43. The Kier molecular flexibility index (Phi) is 6.01. The average molecular weight is 453 g/mol. The summed E-state index contributed by atoms with van der Waals surface area (Å²) >= 11 is 12.2. The van der Waals surface area contributed by atoms with Crippen LogP contribution >= 0.6 is 23.2 Å². The van der Waals surface area contributed by atoms with Crippen LogP contribution < -0.4 is 9.47 Å². The molecule has 6 nitrogen and oxygen atoms in total. The number of carbonyl (C=O) groups is 2. The molecule has 158 valence electrons. The van der Waals surface area contributed by atoms with Gasteiger partial charge in [0.25, 0.3) is 5.91 Å². The molecule has 0 spiro atoms. The number of rotatable bonds is 3. The molecule has 2 aromatic rings. The van der Waals surface area contributed by atoms with E-state index in [4.69, 9.17) is 32.7 Å². The number of fused-ring (bicyclic) bond motifs is 1. The topological polar surface area (TPSA) is 59.1 Å². The van der Waals surface area contributed by atoms with Crippen LogP contribution in [0.1, 0.15) is 15.9 Å². The van der Waals surface area contributed by atoms with E-state index < -0.39 is 5.82 Å². The van der Waals surface area contributed by atoms with Crippen molar-refractivity contribution < 1.29 is 23.5 Å². The second-order valence-electron chi connectivity index (χ2n) is 7.08. The van der Waals surface area contributed by atoms with Crippen LogP contribution in [0.15, 0.2) is 30.3 Å². The van der Waals surface area contributed by atoms with Gasteiger partial charge in [0, 0.05) is 26.2 Å². The fraction of sp³-hybridized carbons (Fsp3) is 0.333. The van der Waals surface area contributed by atoms with Gasteiger partial charge in [-0.2, -0.15) is 0 Å². The Hall–Kier alpha value is -2.51. The largest absolute Gasteiger partial charge is 0.486 e. The molecule has 4 rings (SSSR count). The van der Waals surface area contributed by atoms with Crippen molar-refractivity contribution in [2.24, 2.45) is 0 Å². The molecule has 1 saturated heterocycles. The lowest BCUT2D eigenvalue weighted by Gasteiger charge is -2.35. The molecule has 2 heterocycles. The van der Waals surface area contributed by atoms with Crippen molar-refractivity contribution >= 4 is 35.0 Å². The van der Waals surface area contributed by atoms with E-state index in [-0.39, 0.29) is 28.8 Å². The SMILES string of the molecule is O=C(Cc1cc(Cl)c2c(c1)OCCO2)N1CCN(C(=O)c2ccc(F)cc2Cl)CC1. The molecule has 0 aromatic heterocycles. The van der Waals surface area contributed by atoms with Crippen molar-refractivity contribution in [1.29, 1.82) is 0 Å². The molecule has 0 bridgehead atoms. The van der Waals surface area contributed by atoms with Gasteiger partial charge in [-0.3, -0.25) is 9.59 Å². The number of hydrogen-bond acceptors (Lipinski definition) is 4. The van der Waals surface area contributed by atoms with Crippen LogP contribution in [-0.2, 0) is 11.2 Å². The van der Waals surface area contributed by atoms with Crippen molar-refractivity contribution in [3.05, 3.63) is 57.3 Å². The Morgan fingerprint density at radius 1 is 0.933 bits per heavy atom. The monoisotopic (exact) mass is 452 g/mol. The molecule has 2 amide bonds. The molecule has 2 aliphatic heterocycles. The van der Waals surface area contributed by atoms with E-state index in [1.54, 1.807) is 21.9 Å². The first kappa shape index (κ1) is 20.8. The highest BCUT2D eigenvalue weighted by atomic mass is 35.5. The molecule has 2 aromatic carbocycles. The molecule has 0 radical (unpaired) electrons. The van der Waals surface area contributed by atoms with E-state index in [2.05, 4.69) is 0 Å². The van der Waals surface area contributed by atoms with Crippen LogP contribution in [0.2, 0.25) is 10.0 Å². The van der Waals surface area contributed by atoms with Gasteiger partial charge < -0.3 is 19.3 Å². The number of ether oxygens (including phenoxy) is 2. The minimum absolute atomic E-state index is 0.0605. The third kappa shape index (κ3) is 4.32. The molecule has 9 heteroatoms. The number of amides is 2. The summed E-state index contributed by atoms with van der Waals surface area (Å²) in [7, 11) is 0. The minimum Gasteiger partial charge on any atom is -0.486 e. The van der Waals surface area contributed by atoms with E-state index in [1.165, 1.54) is 12.1 Å². The lowest BCUT2D eigenvalue weighted by atomic mass is 10.1. The van der Waals surface area contributed by atoms with E-state index >= 15 is 0 Å². The van der Waals surface area contributed by atoms with Crippen LogP contribution in [-0.4, -0.2) is 61.0 Å². The zero-order valence-corrected chi connectivity index (χ0v) is 17.5. The maximum atomic E-state index is 13.2. The number of benzene rings is 2. The zero-order valence-electron chi connectivity index (χ0n) is 16.0. The maximum absolute atomic E-state index is 13.2. The molecule has 0 N–H and O–H groups in total. The lowest BCUT2D eigenvalue weighted by molar-refractivity contribution is -0.131. The normalized spacial score (nSPS) is 15.8. The third-order valence-corrected chi connectivity index (χ3v) is 5.69. The van der Waals surface area contributed by atoms with E-state index in [9.17, 15) is 14.0 Å². The average Bonchev–Trinajstić information content (AvgIpc) is 2.73. The van der Waals surface area contributed by atoms with Crippen molar-refractivity contribution in [2.75, 3.05) is 39.4 Å². The third-order valence-electron chi connectivity index (χ3n) is 5.09. The Morgan fingerprint density at radius 2 is 1.63 bits per heavy atom. The summed E-state index contributed by atoms with van der Waals surface area (Å²) in [5, 5.41) is 0.496. The number of hydrogen-bond donors (Lipinski definition) is 0. The van der Waals surface area contributed by atoms with Gasteiger partial charge in [-0.25, -0.2) is 4.39 Å². The molecule has 0 saturated carbocycles. The van der Waals surface area contributed by atoms with Crippen LogP contribution in [0, 0.1) is 5.82 Å². The number of carbonyl (C=O) groups excluding carboxylic acids is 2. The first-order chi connectivity index (χ1) is 14.4. The smallest absolute Gasteiger partial charge is 0.255 e. The highest BCUT2D eigenvalue weighted by molar-refractivity contribution is 6.33. The zero-order chi connectivity index (χ0) is 21.3. The van der Waals surface area contributed by atoms with Gasteiger partial charge in [0.2, 0.25) is 5.91 Å². The molecule has 0 unspecified atom stereocenters. The van der Waals surface area contributed by atoms with Crippen molar-refractivity contribution in [3.63, 3.8) is 0 Å². The first-order valence-electron chi connectivity index (χ1n) is 9.52. The molecule has 2 aliphatic rings. The van der Waals surface area contributed by atoms with Crippen LogP contribution in [0.4, 0.5) is 4.39 Å². The second-order valence-corrected chi connectivity index (χ2v) is 7.89. The Balaban J connectivity index is 1.36. The lowest BCUT2D eigenvalue weighted by Crippen LogP contribution is -2.51. The van der Waals surface area contributed by atoms with Gasteiger partial charge in [0.15, 0.2) is 11.5 Å². The van der Waals surface area contributed by atoms with Crippen LogP contribution in [0.5, 0.6) is 11.5 Å². The number of piperazine rings is 1. The van der Waals surface area contributed by atoms with Gasteiger partial charge in [0.1, 0.15) is 19.0 Å². The highest BCUT2D eigenvalue weighted by Gasteiger charge is 2.26. The summed E-state index contributed by atoms with van der Waals surface area (Å²) in [5.74, 6) is 0.223. The molecule has 0 atom stereocenters. The summed E-state index contributed by atoms with van der Waals surface area (Å²) < 4.78 is 24.3. The summed E-state index contributed by atoms with van der Waals surface area (Å²) in [4.78, 5) is 28.7. The number of halogens is 3. The van der Waals surface area contributed by atoms with Gasteiger partial charge in [-0.1, -0.05) is 23.2 Å². The van der Waals surface area contributed by atoms with Gasteiger partial charge in [0.05, 0.1) is 22.0 Å². The summed E-state index contributed by atoms with van der Waals surface area (Å²) in [5.41, 5.74) is 0.995. The Labute approximate surface area is 183 Å². The van der Waals surface area contributed by atoms with E-state index in [1.807, 2.05) is 0 Å². The second kappa shape index (κ2) is 8.70. The quantitative estimate of drug-likeness (QED) is 0.715. The fourth-order valence-corrected chi connectivity index (χ4v) is 4.08. The molecular formula is C21H19Cl2FN2O4.